The van der Waals surface area contributed by atoms with Crippen molar-refractivity contribution in [3.8, 4) is 5.75 Å². The second-order valence-corrected chi connectivity index (χ2v) is 12.4. The summed E-state index contributed by atoms with van der Waals surface area (Å²) in [5.41, 5.74) is 1.03. The van der Waals surface area contributed by atoms with E-state index < -0.39 is 10.1 Å². The van der Waals surface area contributed by atoms with Gasteiger partial charge in [0.1, 0.15) is 5.75 Å². The Labute approximate surface area is 281 Å². The van der Waals surface area contributed by atoms with Gasteiger partial charge in [-0.25, -0.2) is 0 Å². The predicted octanol–water partition coefficient (Wildman–Crippen LogP) is 7.79. The molecule has 0 spiro atoms. The number of carbonyl (C=O) groups is 1. The van der Waals surface area contributed by atoms with Crippen LogP contribution in [0.1, 0.15) is 111 Å². The van der Waals surface area contributed by atoms with Crippen LogP contribution in [0.25, 0.3) is 10.8 Å². The first-order valence-electron chi connectivity index (χ1n) is 15.6. The van der Waals surface area contributed by atoms with Crippen LogP contribution in [0.3, 0.4) is 0 Å². The molecule has 0 radical (unpaired) electrons. The Balaban J connectivity index is 0.00000484. The van der Waals surface area contributed by atoms with Gasteiger partial charge in [0.25, 0.3) is 10.1 Å². The van der Waals surface area contributed by atoms with Crippen LogP contribution in [0.5, 0.6) is 5.75 Å². The molecule has 3 aromatic carbocycles. The zero-order valence-electron chi connectivity index (χ0n) is 27.0. The average Bonchev–Trinajstić information content (AvgIpc) is 2.98. The van der Waals surface area contributed by atoms with E-state index in [9.17, 15) is 13.2 Å². The Morgan fingerprint density at radius 1 is 0.698 bits per heavy atom. The van der Waals surface area contributed by atoms with Crippen LogP contribution in [0.2, 0.25) is 0 Å². The summed E-state index contributed by atoms with van der Waals surface area (Å²) in [4.78, 5) is 12.4. The largest absolute Gasteiger partial charge is 1.00 e. The molecule has 0 aliphatic carbocycles. The first-order chi connectivity index (χ1) is 20.4. The van der Waals surface area contributed by atoms with Crippen LogP contribution in [-0.4, -0.2) is 18.9 Å². The van der Waals surface area contributed by atoms with Gasteiger partial charge in [0.2, 0.25) is 0 Å². The minimum absolute atomic E-state index is 0. The van der Waals surface area contributed by atoms with Crippen LogP contribution < -0.4 is 34.3 Å². The molecule has 9 heteroatoms. The summed E-state index contributed by atoms with van der Waals surface area (Å²) in [6.07, 6.45) is 19.7. The molecule has 0 atom stereocenters. The van der Waals surface area contributed by atoms with Crippen molar-refractivity contribution in [2.45, 2.75) is 115 Å². The van der Waals surface area contributed by atoms with Gasteiger partial charge in [-0.2, -0.15) is 13.5 Å². The summed E-state index contributed by atoms with van der Waals surface area (Å²) in [6.45, 7) is 2.26. The summed E-state index contributed by atoms with van der Waals surface area (Å²) >= 11 is 0. The van der Waals surface area contributed by atoms with E-state index in [1.54, 1.807) is 12.1 Å². The third kappa shape index (κ3) is 14.0. The first-order valence-corrected chi connectivity index (χ1v) is 17.0. The van der Waals surface area contributed by atoms with Gasteiger partial charge >= 0.3 is 35.5 Å². The summed E-state index contributed by atoms with van der Waals surface area (Å²) in [5.74, 6) is 0.260. The fraction of sp³-hybridized carbons (Fsp3) is 0.500. The SMILES string of the molecule is CCCCCCCCCCCCCCCCCC(=O)Oc1ccc(N=Nc2ccc(S(=O)(=O)O)cc2)c2ccccc12.[H-].[Na+]. The number of rotatable bonds is 20. The molecule has 0 amide bonds. The molecular weight excluding hydrogens is 571 g/mol. The smallest absolute Gasteiger partial charge is 1.00 e. The van der Waals surface area contributed by atoms with Crippen molar-refractivity contribution in [1.82, 2.24) is 0 Å². The van der Waals surface area contributed by atoms with Gasteiger partial charge in [-0.15, -0.1) is 5.11 Å². The summed E-state index contributed by atoms with van der Waals surface area (Å²) in [6, 6.07) is 16.4. The number of nitrogens with zero attached hydrogens (tertiary/aromatic N) is 2. The molecule has 0 unspecified atom stereocenters. The molecule has 0 aliphatic rings. The molecule has 0 heterocycles. The number of unbranched alkanes of at least 4 members (excludes halogenated alkanes) is 14. The van der Waals surface area contributed by atoms with Gasteiger partial charge in [-0.1, -0.05) is 121 Å². The zero-order valence-corrected chi connectivity index (χ0v) is 28.8. The van der Waals surface area contributed by atoms with E-state index >= 15 is 0 Å². The van der Waals surface area contributed by atoms with Crippen molar-refractivity contribution in [3.05, 3.63) is 60.7 Å². The third-order valence-corrected chi connectivity index (χ3v) is 8.34. The van der Waals surface area contributed by atoms with Gasteiger partial charge in [-0.3, -0.25) is 9.35 Å². The number of fused-ring (bicyclic) bond motifs is 1. The van der Waals surface area contributed by atoms with Crippen molar-refractivity contribution >= 4 is 38.2 Å². The Hall–Kier alpha value is -2.10. The van der Waals surface area contributed by atoms with Crippen LogP contribution in [0.15, 0.2) is 75.8 Å². The molecule has 43 heavy (non-hydrogen) atoms. The normalized spacial score (nSPS) is 11.6. The fourth-order valence-corrected chi connectivity index (χ4v) is 5.52. The molecule has 0 saturated carbocycles. The number of hydrogen-bond donors (Lipinski definition) is 1. The topological polar surface area (TPSA) is 105 Å². The molecule has 0 aliphatic heterocycles. The van der Waals surface area contributed by atoms with Gasteiger partial charge in [0.15, 0.2) is 0 Å². The van der Waals surface area contributed by atoms with E-state index in [-0.39, 0.29) is 41.8 Å². The minimum atomic E-state index is -4.26. The summed E-state index contributed by atoms with van der Waals surface area (Å²) in [7, 11) is -4.26. The van der Waals surface area contributed by atoms with Crippen LogP contribution in [-0.2, 0) is 14.9 Å². The molecule has 7 nitrogen and oxygen atoms in total. The van der Waals surface area contributed by atoms with Gasteiger partial charge < -0.3 is 6.16 Å². The van der Waals surface area contributed by atoms with Crippen LogP contribution in [0.4, 0.5) is 11.4 Å². The van der Waals surface area contributed by atoms with E-state index in [0.29, 0.717) is 23.5 Å². The Morgan fingerprint density at radius 2 is 1.21 bits per heavy atom. The van der Waals surface area contributed by atoms with Gasteiger partial charge in [0, 0.05) is 17.2 Å². The van der Waals surface area contributed by atoms with Crippen LogP contribution in [0, 0.1) is 0 Å². The maximum Gasteiger partial charge on any atom is 1.00 e. The van der Waals surface area contributed by atoms with Crippen molar-refractivity contribution in [2.24, 2.45) is 10.2 Å². The van der Waals surface area contributed by atoms with Gasteiger partial charge in [0.05, 0.1) is 16.3 Å². The number of carbonyl (C=O) groups excluding carboxylic acids is 1. The zero-order chi connectivity index (χ0) is 30.0. The summed E-state index contributed by atoms with van der Waals surface area (Å²) < 4.78 is 37.3. The minimum Gasteiger partial charge on any atom is -1.00 e. The third-order valence-electron chi connectivity index (χ3n) is 7.48. The number of esters is 1. The Morgan fingerprint density at radius 3 is 1.74 bits per heavy atom. The molecule has 230 valence electrons. The monoisotopic (exact) mass is 618 g/mol. The van der Waals surface area contributed by atoms with Crippen molar-refractivity contribution in [2.75, 3.05) is 0 Å². The van der Waals surface area contributed by atoms with E-state index in [4.69, 9.17) is 9.29 Å². The number of ether oxygens (including phenoxy) is 1. The quantitative estimate of drug-likeness (QED) is 0.0348. The molecule has 0 aromatic heterocycles. The number of azo groups is 1. The maximum atomic E-state index is 12.6. The van der Waals surface area contributed by atoms with Crippen molar-refractivity contribution in [1.29, 1.82) is 0 Å². The van der Waals surface area contributed by atoms with E-state index in [1.807, 2.05) is 24.3 Å². The van der Waals surface area contributed by atoms with Crippen molar-refractivity contribution < 1.29 is 53.5 Å². The molecule has 0 saturated heterocycles. The maximum absolute atomic E-state index is 12.6. The van der Waals surface area contributed by atoms with Crippen molar-refractivity contribution in [3.63, 3.8) is 0 Å². The fourth-order valence-electron chi connectivity index (χ4n) is 5.04. The second kappa shape index (κ2) is 20.8. The van der Waals surface area contributed by atoms with E-state index in [1.165, 1.54) is 101 Å². The molecule has 0 fully saturated rings. The van der Waals surface area contributed by atoms with E-state index in [0.717, 1.165) is 30.0 Å². The summed E-state index contributed by atoms with van der Waals surface area (Å²) in [5, 5.41) is 10.0. The second-order valence-electron chi connectivity index (χ2n) is 11.0. The average molecular weight is 619 g/mol. The molecule has 0 bridgehead atoms. The number of hydrogen-bond acceptors (Lipinski definition) is 6. The molecule has 3 aromatic rings. The standard InChI is InChI=1S/C34H46N2O5S.Na.H/c1-2-3-4-5-6-7-8-9-10-11-12-13-14-15-16-21-34(37)41-33-27-26-32(30-19-17-18-20-31(30)33)36-35-28-22-24-29(25-23-28)42(38,39)40;;/h17-20,22-27H,2-16,21H2,1H3,(H,38,39,40);;/q;+1;-1. The Kier molecular flexibility index (Phi) is 17.9. The first kappa shape index (κ1) is 37.1. The number of benzene rings is 3. The predicted molar refractivity (Wildman–Crippen MR) is 171 cm³/mol. The van der Waals surface area contributed by atoms with E-state index in [2.05, 4.69) is 17.2 Å². The van der Waals surface area contributed by atoms with Gasteiger partial charge in [-0.05, 0) is 42.8 Å². The Bertz CT molecular complexity index is 1380. The molecular formula is C34H47N2NaO5S. The molecule has 1 N–H and O–H groups in total. The van der Waals surface area contributed by atoms with Crippen LogP contribution >= 0.6 is 0 Å². The molecule has 3 rings (SSSR count).